The first kappa shape index (κ1) is 16.3. The second-order valence-corrected chi connectivity index (χ2v) is 6.89. The Bertz CT molecular complexity index is 561. The van der Waals surface area contributed by atoms with Crippen molar-refractivity contribution in [2.24, 2.45) is 0 Å². The third-order valence-electron chi connectivity index (χ3n) is 2.19. The number of halogens is 1. The van der Waals surface area contributed by atoms with Crippen LogP contribution < -0.4 is 10.0 Å². The van der Waals surface area contributed by atoms with Gasteiger partial charge in [-0.2, -0.15) is 0 Å². The summed E-state index contributed by atoms with van der Waals surface area (Å²) < 4.78 is 24.0. The van der Waals surface area contributed by atoms with Crippen molar-refractivity contribution in [2.75, 3.05) is 25.6 Å². The molecule has 0 atom stereocenters. The van der Waals surface area contributed by atoms with E-state index in [0.717, 1.165) is 11.2 Å². The molecule has 0 aliphatic heterocycles. The Hall–Kier alpha value is -0.760. The van der Waals surface area contributed by atoms with E-state index in [1.807, 2.05) is 12.3 Å². The summed E-state index contributed by atoms with van der Waals surface area (Å²) in [6, 6.07) is 5.19. The standard InChI is InChI=1S/C11H15ClN2O3S2/c1-18-8-3-4-10(12)9(7-8)11(15)13-5-6-14-19(2,16)17/h3-4,7,14H,5-6H2,1-2H3,(H,13,15). The molecular formula is C11H15ClN2O3S2. The van der Waals surface area contributed by atoms with E-state index in [1.165, 1.54) is 11.8 Å². The average Bonchev–Trinajstić information content (AvgIpc) is 2.34. The normalized spacial score (nSPS) is 11.3. The number of sulfonamides is 1. The van der Waals surface area contributed by atoms with E-state index < -0.39 is 10.0 Å². The van der Waals surface area contributed by atoms with Crippen LogP contribution in [0.25, 0.3) is 0 Å². The van der Waals surface area contributed by atoms with Crippen molar-refractivity contribution in [2.45, 2.75) is 4.90 Å². The summed E-state index contributed by atoms with van der Waals surface area (Å²) in [6.45, 7) is 0.343. The molecule has 0 radical (unpaired) electrons. The highest BCUT2D eigenvalue weighted by molar-refractivity contribution is 7.98. The first-order valence-corrected chi connectivity index (χ1v) is 8.89. The molecule has 1 amide bonds. The molecule has 0 aliphatic carbocycles. The van der Waals surface area contributed by atoms with Gasteiger partial charge in [0.25, 0.3) is 5.91 Å². The molecule has 0 spiro atoms. The predicted molar refractivity (Wildman–Crippen MR) is 78.4 cm³/mol. The smallest absolute Gasteiger partial charge is 0.252 e. The minimum Gasteiger partial charge on any atom is -0.351 e. The first-order chi connectivity index (χ1) is 8.83. The highest BCUT2D eigenvalue weighted by atomic mass is 35.5. The summed E-state index contributed by atoms with van der Waals surface area (Å²) >= 11 is 7.46. The molecule has 1 rings (SSSR count). The molecule has 0 aliphatic rings. The number of rotatable bonds is 6. The van der Waals surface area contributed by atoms with Crippen LogP contribution in [0.4, 0.5) is 0 Å². The summed E-state index contributed by atoms with van der Waals surface area (Å²) in [5, 5.41) is 2.97. The number of benzene rings is 1. The maximum atomic E-state index is 11.9. The second kappa shape index (κ2) is 7.14. The number of thioether (sulfide) groups is 1. The zero-order valence-corrected chi connectivity index (χ0v) is 13.0. The Labute approximate surface area is 122 Å². The van der Waals surface area contributed by atoms with Crippen LogP contribution in [0.2, 0.25) is 5.02 Å². The summed E-state index contributed by atoms with van der Waals surface area (Å²) in [7, 11) is -3.24. The van der Waals surface area contributed by atoms with Crippen LogP contribution in [0.3, 0.4) is 0 Å². The van der Waals surface area contributed by atoms with Gasteiger partial charge in [-0.1, -0.05) is 11.6 Å². The van der Waals surface area contributed by atoms with Crippen LogP contribution in [0.1, 0.15) is 10.4 Å². The monoisotopic (exact) mass is 322 g/mol. The van der Waals surface area contributed by atoms with Crippen LogP contribution >= 0.6 is 23.4 Å². The third kappa shape index (κ3) is 5.82. The van der Waals surface area contributed by atoms with Crippen LogP contribution in [-0.2, 0) is 10.0 Å². The SMILES string of the molecule is CSc1ccc(Cl)c(C(=O)NCCNS(C)(=O)=O)c1. The van der Waals surface area contributed by atoms with Gasteiger partial charge >= 0.3 is 0 Å². The third-order valence-corrected chi connectivity index (χ3v) is 3.98. The molecule has 0 unspecified atom stereocenters. The van der Waals surface area contributed by atoms with Gasteiger partial charge in [-0.05, 0) is 24.5 Å². The lowest BCUT2D eigenvalue weighted by Gasteiger charge is -2.08. The number of carbonyl (C=O) groups is 1. The molecule has 106 valence electrons. The van der Waals surface area contributed by atoms with Gasteiger partial charge in [0, 0.05) is 18.0 Å². The fourth-order valence-electron chi connectivity index (χ4n) is 1.31. The van der Waals surface area contributed by atoms with Gasteiger partial charge in [0.2, 0.25) is 10.0 Å². The minimum atomic E-state index is -3.24. The lowest BCUT2D eigenvalue weighted by atomic mass is 10.2. The van der Waals surface area contributed by atoms with Gasteiger partial charge in [-0.15, -0.1) is 11.8 Å². The first-order valence-electron chi connectivity index (χ1n) is 5.40. The molecule has 8 heteroatoms. The number of nitrogens with one attached hydrogen (secondary N) is 2. The zero-order valence-electron chi connectivity index (χ0n) is 10.6. The van der Waals surface area contributed by atoms with E-state index in [-0.39, 0.29) is 19.0 Å². The Kier molecular flexibility index (Phi) is 6.12. The Morgan fingerprint density at radius 1 is 1.37 bits per heavy atom. The second-order valence-electron chi connectivity index (χ2n) is 3.77. The minimum absolute atomic E-state index is 0.143. The molecule has 1 aromatic rings. The average molecular weight is 323 g/mol. The highest BCUT2D eigenvalue weighted by Gasteiger charge is 2.10. The maximum Gasteiger partial charge on any atom is 0.252 e. The zero-order chi connectivity index (χ0) is 14.5. The fourth-order valence-corrected chi connectivity index (χ4v) is 2.43. The van der Waals surface area contributed by atoms with Crippen LogP contribution in [0.5, 0.6) is 0 Å². The molecular weight excluding hydrogens is 308 g/mol. The number of amides is 1. The van der Waals surface area contributed by atoms with Crippen molar-refractivity contribution >= 4 is 39.3 Å². The van der Waals surface area contributed by atoms with E-state index in [4.69, 9.17) is 11.6 Å². The van der Waals surface area contributed by atoms with Crippen LogP contribution in [0.15, 0.2) is 23.1 Å². The summed E-state index contributed by atoms with van der Waals surface area (Å²) in [5.74, 6) is -0.323. The molecule has 0 heterocycles. The lowest BCUT2D eigenvalue weighted by Crippen LogP contribution is -2.34. The number of hydrogen-bond acceptors (Lipinski definition) is 4. The Balaban J connectivity index is 2.58. The van der Waals surface area contributed by atoms with E-state index in [1.54, 1.807) is 12.1 Å². The topological polar surface area (TPSA) is 75.3 Å². The molecule has 2 N–H and O–H groups in total. The molecule has 0 aromatic heterocycles. The quantitative estimate of drug-likeness (QED) is 0.612. The molecule has 1 aromatic carbocycles. The molecule has 5 nitrogen and oxygen atoms in total. The van der Waals surface area contributed by atoms with Gasteiger partial charge in [0.05, 0.1) is 16.8 Å². The van der Waals surface area contributed by atoms with Gasteiger partial charge < -0.3 is 5.32 Å². The molecule has 19 heavy (non-hydrogen) atoms. The van der Waals surface area contributed by atoms with Gasteiger partial charge in [0.15, 0.2) is 0 Å². The predicted octanol–water partition coefficient (Wildman–Crippen LogP) is 1.34. The van der Waals surface area contributed by atoms with Crippen molar-refractivity contribution in [1.29, 1.82) is 0 Å². The van der Waals surface area contributed by atoms with Crippen molar-refractivity contribution in [3.8, 4) is 0 Å². The van der Waals surface area contributed by atoms with Gasteiger partial charge in [-0.25, -0.2) is 13.1 Å². The maximum absolute atomic E-state index is 11.9. The van der Waals surface area contributed by atoms with E-state index in [0.29, 0.717) is 10.6 Å². The fraction of sp³-hybridized carbons (Fsp3) is 0.364. The molecule has 0 saturated carbocycles. The lowest BCUT2D eigenvalue weighted by molar-refractivity contribution is 0.0954. The highest BCUT2D eigenvalue weighted by Crippen LogP contribution is 2.22. The van der Waals surface area contributed by atoms with E-state index >= 15 is 0 Å². The van der Waals surface area contributed by atoms with Crippen LogP contribution in [-0.4, -0.2) is 39.9 Å². The molecule has 0 bridgehead atoms. The Morgan fingerprint density at radius 2 is 2.05 bits per heavy atom. The van der Waals surface area contributed by atoms with Gasteiger partial charge in [-0.3, -0.25) is 4.79 Å². The Morgan fingerprint density at radius 3 is 2.63 bits per heavy atom. The van der Waals surface area contributed by atoms with Crippen molar-refractivity contribution < 1.29 is 13.2 Å². The van der Waals surface area contributed by atoms with E-state index in [2.05, 4.69) is 10.0 Å². The van der Waals surface area contributed by atoms with Crippen molar-refractivity contribution in [3.63, 3.8) is 0 Å². The van der Waals surface area contributed by atoms with Crippen LogP contribution in [0, 0.1) is 0 Å². The largest absolute Gasteiger partial charge is 0.351 e. The summed E-state index contributed by atoms with van der Waals surface area (Å²) in [4.78, 5) is 12.8. The van der Waals surface area contributed by atoms with Crippen molar-refractivity contribution in [3.05, 3.63) is 28.8 Å². The molecule has 0 saturated heterocycles. The summed E-state index contributed by atoms with van der Waals surface area (Å²) in [5.41, 5.74) is 0.382. The number of hydrogen-bond donors (Lipinski definition) is 2. The summed E-state index contributed by atoms with van der Waals surface area (Å²) in [6.07, 6.45) is 2.97. The number of carbonyl (C=O) groups excluding carboxylic acids is 1. The molecule has 0 fully saturated rings. The van der Waals surface area contributed by atoms with Crippen molar-refractivity contribution in [1.82, 2.24) is 10.0 Å². The van der Waals surface area contributed by atoms with E-state index in [9.17, 15) is 13.2 Å². The van der Waals surface area contributed by atoms with Gasteiger partial charge in [0.1, 0.15) is 0 Å².